The topological polar surface area (TPSA) is 73.6 Å². The zero-order chi connectivity index (χ0) is 13.4. The Hall–Kier alpha value is -2.50. The number of benzene rings is 1. The Labute approximate surface area is 109 Å². The van der Waals surface area contributed by atoms with Gasteiger partial charge in [-0.3, -0.25) is 4.68 Å². The Morgan fingerprint density at radius 3 is 2.95 bits per heavy atom. The first-order valence-corrected chi connectivity index (χ1v) is 5.90. The number of hydrogen-bond donors (Lipinski definition) is 1. The summed E-state index contributed by atoms with van der Waals surface area (Å²) in [6, 6.07) is 5.29. The molecular formula is C13H12N2O4. The van der Waals surface area contributed by atoms with Gasteiger partial charge in [0, 0.05) is 18.3 Å². The van der Waals surface area contributed by atoms with Crippen molar-refractivity contribution in [3.63, 3.8) is 0 Å². The van der Waals surface area contributed by atoms with Crippen LogP contribution < -0.4 is 9.47 Å². The molecule has 2 aromatic rings. The number of carboxylic acid groups (broad SMARTS) is 1. The minimum Gasteiger partial charge on any atom is -0.478 e. The summed E-state index contributed by atoms with van der Waals surface area (Å²) in [5.74, 6) is 0.280. The lowest BCUT2D eigenvalue weighted by molar-refractivity contribution is 0.0697. The molecule has 0 saturated heterocycles. The molecule has 0 unspecified atom stereocenters. The molecule has 98 valence electrons. The monoisotopic (exact) mass is 260 g/mol. The van der Waals surface area contributed by atoms with Gasteiger partial charge in [-0.1, -0.05) is 0 Å². The molecule has 0 amide bonds. The summed E-state index contributed by atoms with van der Waals surface area (Å²) in [7, 11) is 0. The number of aryl methyl sites for hydroxylation is 1. The highest BCUT2D eigenvalue weighted by Crippen LogP contribution is 2.36. The van der Waals surface area contributed by atoms with Crippen LogP contribution in [0.5, 0.6) is 11.5 Å². The lowest BCUT2D eigenvalue weighted by atomic mass is 10.1. The van der Waals surface area contributed by atoms with Crippen LogP contribution in [0.3, 0.4) is 0 Å². The SMILES string of the molecule is CCn1cc(C(=O)O)c(-c2ccc3c(c2)OCO3)n1. The fourth-order valence-electron chi connectivity index (χ4n) is 2.00. The molecule has 1 aliphatic rings. The van der Waals surface area contributed by atoms with Crippen molar-refractivity contribution in [1.82, 2.24) is 9.78 Å². The van der Waals surface area contributed by atoms with Crippen molar-refractivity contribution in [3.8, 4) is 22.8 Å². The second-order valence-electron chi connectivity index (χ2n) is 4.12. The van der Waals surface area contributed by atoms with Crippen molar-refractivity contribution < 1.29 is 19.4 Å². The Kier molecular flexibility index (Phi) is 2.63. The Bertz CT molecular complexity index is 648. The van der Waals surface area contributed by atoms with Crippen LogP contribution >= 0.6 is 0 Å². The first kappa shape index (κ1) is 11.6. The smallest absolute Gasteiger partial charge is 0.339 e. The molecule has 0 aliphatic carbocycles. The van der Waals surface area contributed by atoms with Gasteiger partial charge >= 0.3 is 5.97 Å². The summed E-state index contributed by atoms with van der Waals surface area (Å²) < 4.78 is 12.1. The zero-order valence-corrected chi connectivity index (χ0v) is 10.3. The molecule has 0 radical (unpaired) electrons. The maximum absolute atomic E-state index is 11.2. The lowest BCUT2D eigenvalue weighted by Gasteiger charge is -2.01. The normalized spacial score (nSPS) is 12.7. The summed E-state index contributed by atoms with van der Waals surface area (Å²) in [4.78, 5) is 11.2. The molecule has 19 heavy (non-hydrogen) atoms. The van der Waals surface area contributed by atoms with Crippen LogP contribution in [0, 0.1) is 0 Å². The van der Waals surface area contributed by atoms with E-state index in [9.17, 15) is 9.90 Å². The predicted octanol–water partition coefficient (Wildman–Crippen LogP) is 2.00. The summed E-state index contributed by atoms with van der Waals surface area (Å²) in [5.41, 5.74) is 1.32. The van der Waals surface area contributed by atoms with Gasteiger partial charge in [-0.2, -0.15) is 5.10 Å². The van der Waals surface area contributed by atoms with Gasteiger partial charge in [-0.25, -0.2) is 4.79 Å². The predicted molar refractivity (Wildman–Crippen MR) is 66.4 cm³/mol. The highest BCUT2D eigenvalue weighted by atomic mass is 16.7. The summed E-state index contributed by atoms with van der Waals surface area (Å²) in [5, 5.41) is 13.5. The van der Waals surface area contributed by atoms with Crippen molar-refractivity contribution in [2.45, 2.75) is 13.5 Å². The second kappa shape index (κ2) is 4.31. The van der Waals surface area contributed by atoms with Gasteiger partial charge in [0.15, 0.2) is 11.5 Å². The molecule has 6 nitrogen and oxygen atoms in total. The molecular weight excluding hydrogens is 248 g/mol. The minimum atomic E-state index is -0.993. The number of nitrogens with zero attached hydrogens (tertiary/aromatic N) is 2. The van der Waals surface area contributed by atoms with Crippen LogP contribution in [0.4, 0.5) is 0 Å². The first-order chi connectivity index (χ1) is 9.19. The van der Waals surface area contributed by atoms with Crippen LogP contribution in [0.15, 0.2) is 24.4 Å². The molecule has 1 N–H and O–H groups in total. The van der Waals surface area contributed by atoms with E-state index >= 15 is 0 Å². The van der Waals surface area contributed by atoms with Gasteiger partial charge in [0.2, 0.25) is 6.79 Å². The van der Waals surface area contributed by atoms with E-state index in [1.54, 1.807) is 22.9 Å². The molecule has 0 atom stereocenters. The molecule has 0 spiro atoms. The highest BCUT2D eigenvalue weighted by molar-refractivity contribution is 5.94. The van der Waals surface area contributed by atoms with Crippen molar-refractivity contribution in [2.24, 2.45) is 0 Å². The van der Waals surface area contributed by atoms with Crippen molar-refractivity contribution in [3.05, 3.63) is 30.0 Å². The van der Waals surface area contributed by atoms with E-state index in [1.165, 1.54) is 6.20 Å². The Morgan fingerprint density at radius 2 is 2.21 bits per heavy atom. The zero-order valence-electron chi connectivity index (χ0n) is 10.3. The van der Waals surface area contributed by atoms with Gasteiger partial charge in [0.1, 0.15) is 11.3 Å². The fourth-order valence-corrected chi connectivity index (χ4v) is 2.00. The summed E-state index contributed by atoms with van der Waals surface area (Å²) in [6.45, 7) is 2.71. The van der Waals surface area contributed by atoms with Crippen LogP contribution in [-0.2, 0) is 6.54 Å². The van der Waals surface area contributed by atoms with Crippen LogP contribution in [0.1, 0.15) is 17.3 Å². The number of aromatic nitrogens is 2. The molecule has 6 heteroatoms. The third kappa shape index (κ3) is 1.91. The Balaban J connectivity index is 2.10. The van der Waals surface area contributed by atoms with E-state index in [0.717, 1.165) is 0 Å². The van der Waals surface area contributed by atoms with E-state index in [4.69, 9.17) is 9.47 Å². The molecule has 0 fully saturated rings. The van der Waals surface area contributed by atoms with E-state index in [-0.39, 0.29) is 12.4 Å². The third-order valence-corrected chi connectivity index (χ3v) is 2.96. The number of carbonyl (C=O) groups is 1. The molecule has 1 aromatic heterocycles. The first-order valence-electron chi connectivity index (χ1n) is 5.90. The number of ether oxygens (including phenoxy) is 2. The number of rotatable bonds is 3. The fraction of sp³-hybridized carbons (Fsp3) is 0.231. The molecule has 3 rings (SSSR count). The third-order valence-electron chi connectivity index (χ3n) is 2.96. The van der Waals surface area contributed by atoms with Crippen LogP contribution in [0.2, 0.25) is 0 Å². The quantitative estimate of drug-likeness (QED) is 0.913. The standard InChI is InChI=1S/C13H12N2O4/c1-2-15-6-9(13(16)17)12(14-15)8-3-4-10-11(5-8)19-7-18-10/h3-6H,2,7H2,1H3,(H,16,17). The van der Waals surface area contributed by atoms with Crippen molar-refractivity contribution in [2.75, 3.05) is 6.79 Å². The number of aromatic carboxylic acids is 1. The van der Waals surface area contributed by atoms with Gasteiger partial charge in [0.25, 0.3) is 0 Å². The maximum atomic E-state index is 11.2. The molecule has 2 heterocycles. The molecule has 1 aliphatic heterocycles. The summed E-state index contributed by atoms with van der Waals surface area (Å²) >= 11 is 0. The molecule has 0 saturated carbocycles. The largest absolute Gasteiger partial charge is 0.478 e. The minimum absolute atomic E-state index is 0.181. The average Bonchev–Trinajstić information content (AvgIpc) is 3.04. The number of fused-ring (bicyclic) bond motifs is 1. The highest BCUT2D eigenvalue weighted by Gasteiger charge is 2.20. The van der Waals surface area contributed by atoms with E-state index in [2.05, 4.69) is 5.10 Å². The van der Waals surface area contributed by atoms with E-state index in [1.807, 2.05) is 6.92 Å². The van der Waals surface area contributed by atoms with Gasteiger partial charge in [0.05, 0.1) is 0 Å². The molecule has 0 bridgehead atoms. The van der Waals surface area contributed by atoms with Gasteiger partial charge in [-0.15, -0.1) is 0 Å². The summed E-state index contributed by atoms with van der Waals surface area (Å²) in [6.07, 6.45) is 1.53. The van der Waals surface area contributed by atoms with E-state index in [0.29, 0.717) is 29.3 Å². The maximum Gasteiger partial charge on any atom is 0.339 e. The number of carboxylic acids is 1. The van der Waals surface area contributed by atoms with E-state index < -0.39 is 5.97 Å². The van der Waals surface area contributed by atoms with Crippen LogP contribution in [0.25, 0.3) is 11.3 Å². The Morgan fingerprint density at radius 1 is 1.42 bits per heavy atom. The van der Waals surface area contributed by atoms with Gasteiger partial charge in [-0.05, 0) is 25.1 Å². The van der Waals surface area contributed by atoms with Gasteiger partial charge < -0.3 is 14.6 Å². The number of hydrogen-bond acceptors (Lipinski definition) is 4. The average molecular weight is 260 g/mol. The second-order valence-corrected chi connectivity index (χ2v) is 4.12. The van der Waals surface area contributed by atoms with Crippen LogP contribution in [-0.4, -0.2) is 27.6 Å². The lowest BCUT2D eigenvalue weighted by Crippen LogP contribution is -1.96. The van der Waals surface area contributed by atoms with Crippen molar-refractivity contribution in [1.29, 1.82) is 0 Å². The van der Waals surface area contributed by atoms with Crippen molar-refractivity contribution >= 4 is 5.97 Å². The molecule has 1 aromatic carbocycles.